The first-order valence-corrected chi connectivity index (χ1v) is 12.4. The standard InChI is InChI=1S/C22H26Br3N3O/c1-2-21(29)28(17-6-4-3-5-7-17)18-8-11-27(12-9-18)13-10-26-22-19(24)14-16(23)15-20(22)25/h3-7,14-15,18,26H,2,8-13H2,1H3. The van der Waals surface area contributed by atoms with Gasteiger partial charge in [0.1, 0.15) is 0 Å². The van der Waals surface area contributed by atoms with Gasteiger partial charge in [-0.15, -0.1) is 0 Å². The Morgan fingerprint density at radius 1 is 1.10 bits per heavy atom. The van der Waals surface area contributed by atoms with E-state index in [0.717, 1.165) is 63.8 Å². The Bertz CT molecular complexity index is 800. The second-order valence-corrected chi connectivity index (χ2v) is 9.82. The van der Waals surface area contributed by atoms with Crippen LogP contribution in [0.4, 0.5) is 11.4 Å². The van der Waals surface area contributed by atoms with E-state index >= 15 is 0 Å². The highest BCUT2D eigenvalue weighted by atomic mass is 79.9. The van der Waals surface area contributed by atoms with Crippen molar-refractivity contribution in [3.63, 3.8) is 0 Å². The Kier molecular flexibility index (Phi) is 8.59. The summed E-state index contributed by atoms with van der Waals surface area (Å²) in [6.45, 7) is 5.82. The van der Waals surface area contributed by atoms with Crippen molar-refractivity contribution in [1.29, 1.82) is 0 Å². The fraction of sp³-hybridized carbons (Fsp3) is 0.409. The van der Waals surface area contributed by atoms with E-state index in [1.807, 2.05) is 54.3 Å². The first-order valence-electron chi connectivity index (χ1n) is 9.97. The minimum absolute atomic E-state index is 0.209. The van der Waals surface area contributed by atoms with Crippen LogP contribution < -0.4 is 10.2 Å². The highest BCUT2D eigenvalue weighted by molar-refractivity contribution is 9.11. The molecule has 0 atom stereocenters. The zero-order chi connectivity index (χ0) is 20.8. The molecule has 0 unspecified atom stereocenters. The predicted molar refractivity (Wildman–Crippen MR) is 132 cm³/mol. The number of carbonyl (C=O) groups is 1. The van der Waals surface area contributed by atoms with Crippen LogP contribution in [0.5, 0.6) is 0 Å². The minimum atomic E-state index is 0.209. The number of rotatable bonds is 7. The van der Waals surface area contributed by atoms with E-state index in [9.17, 15) is 4.79 Å². The lowest BCUT2D eigenvalue weighted by Gasteiger charge is -2.38. The van der Waals surface area contributed by atoms with E-state index in [2.05, 4.69) is 58.0 Å². The van der Waals surface area contributed by atoms with Gasteiger partial charge in [0.2, 0.25) is 5.91 Å². The Morgan fingerprint density at radius 3 is 2.31 bits per heavy atom. The van der Waals surface area contributed by atoms with Crippen molar-refractivity contribution in [1.82, 2.24) is 4.90 Å². The molecule has 1 amide bonds. The van der Waals surface area contributed by atoms with Gasteiger partial charge in [0.05, 0.1) is 5.69 Å². The molecule has 1 fully saturated rings. The van der Waals surface area contributed by atoms with Crippen LogP contribution in [0.25, 0.3) is 0 Å². The molecule has 0 radical (unpaired) electrons. The van der Waals surface area contributed by atoms with Crippen LogP contribution in [0.1, 0.15) is 26.2 Å². The van der Waals surface area contributed by atoms with Gasteiger partial charge >= 0.3 is 0 Å². The first kappa shape index (κ1) is 22.8. The van der Waals surface area contributed by atoms with Crippen molar-refractivity contribution in [3.8, 4) is 0 Å². The highest BCUT2D eigenvalue weighted by Gasteiger charge is 2.28. The third-order valence-electron chi connectivity index (χ3n) is 5.26. The van der Waals surface area contributed by atoms with Gasteiger partial charge < -0.3 is 15.1 Å². The number of nitrogens with one attached hydrogen (secondary N) is 1. The lowest BCUT2D eigenvalue weighted by Crippen LogP contribution is -2.48. The van der Waals surface area contributed by atoms with Crippen LogP contribution in [-0.2, 0) is 4.79 Å². The molecular weight excluding hydrogens is 562 g/mol. The van der Waals surface area contributed by atoms with Gasteiger partial charge in [0, 0.05) is 57.7 Å². The van der Waals surface area contributed by atoms with Crippen molar-refractivity contribution in [3.05, 3.63) is 55.9 Å². The van der Waals surface area contributed by atoms with E-state index in [4.69, 9.17) is 0 Å². The van der Waals surface area contributed by atoms with Crippen LogP contribution in [0.15, 0.2) is 55.9 Å². The number of hydrogen-bond donors (Lipinski definition) is 1. The summed E-state index contributed by atoms with van der Waals surface area (Å²) in [6.07, 6.45) is 2.55. The summed E-state index contributed by atoms with van der Waals surface area (Å²) >= 11 is 10.7. The van der Waals surface area contributed by atoms with E-state index < -0.39 is 0 Å². The summed E-state index contributed by atoms with van der Waals surface area (Å²) in [5.74, 6) is 0.209. The number of benzene rings is 2. The van der Waals surface area contributed by atoms with E-state index in [1.54, 1.807) is 0 Å². The molecule has 1 aliphatic heterocycles. The van der Waals surface area contributed by atoms with Gasteiger partial charge in [-0.2, -0.15) is 0 Å². The van der Waals surface area contributed by atoms with Crippen molar-refractivity contribution < 1.29 is 4.79 Å². The molecule has 0 saturated carbocycles. The monoisotopic (exact) mass is 585 g/mol. The van der Waals surface area contributed by atoms with Gasteiger partial charge in [-0.25, -0.2) is 0 Å². The molecule has 7 heteroatoms. The molecular formula is C22H26Br3N3O. The summed E-state index contributed by atoms with van der Waals surface area (Å²) in [6, 6.07) is 14.5. The van der Waals surface area contributed by atoms with Crippen LogP contribution in [0.3, 0.4) is 0 Å². The second-order valence-electron chi connectivity index (χ2n) is 7.20. The normalized spacial score (nSPS) is 15.3. The summed E-state index contributed by atoms with van der Waals surface area (Å²) in [5.41, 5.74) is 2.09. The summed E-state index contributed by atoms with van der Waals surface area (Å²) in [4.78, 5) is 17.1. The Labute approximate surface area is 198 Å². The van der Waals surface area contributed by atoms with Crippen LogP contribution in [0.2, 0.25) is 0 Å². The molecule has 0 aromatic heterocycles. The molecule has 29 heavy (non-hydrogen) atoms. The van der Waals surface area contributed by atoms with E-state index in [-0.39, 0.29) is 11.9 Å². The number of piperidine rings is 1. The highest BCUT2D eigenvalue weighted by Crippen LogP contribution is 2.34. The lowest BCUT2D eigenvalue weighted by molar-refractivity contribution is -0.119. The molecule has 3 rings (SSSR count). The van der Waals surface area contributed by atoms with E-state index in [1.165, 1.54) is 0 Å². The van der Waals surface area contributed by atoms with Crippen LogP contribution >= 0.6 is 47.8 Å². The van der Waals surface area contributed by atoms with E-state index in [0.29, 0.717) is 6.42 Å². The van der Waals surface area contributed by atoms with Crippen molar-refractivity contribution >= 4 is 65.1 Å². The number of carbonyl (C=O) groups excluding carboxylic acids is 1. The molecule has 2 aromatic carbocycles. The minimum Gasteiger partial charge on any atom is -0.382 e. The predicted octanol–water partition coefficient (Wildman–Crippen LogP) is 6.29. The number of amides is 1. The number of para-hydroxylation sites is 1. The Morgan fingerprint density at radius 2 is 1.72 bits per heavy atom. The molecule has 2 aromatic rings. The zero-order valence-corrected chi connectivity index (χ0v) is 21.3. The molecule has 1 heterocycles. The van der Waals surface area contributed by atoms with Gasteiger partial charge in [-0.1, -0.05) is 41.1 Å². The van der Waals surface area contributed by atoms with Crippen LogP contribution in [-0.4, -0.2) is 43.0 Å². The number of likely N-dealkylation sites (tertiary alicyclic amines) is 1. The maximum atomic E-state index is 12.6. The number of anilines is 2. The third kappa shape index (κ3) is 6.06. The van der Waals surface area contributed by atoms with Gasteiger partial charge in [-0.3, -0.25) is 4.79 Å². The summed E-state index contributed by atoms with van der Waals surface area (Å²) in [5, 5.41) is 3.52. The van der Waals surface area contributed by atoms with Gasteiger partial charge in [0.25, 0.3) is 0 Å². The molecule has 0 bridgehead atoms. The zero-order valence-electron chi connectivity index (χ0n) is 16.5. The Balaban J connectivity index is 1.53. The number of nitrogens with zero attached hydrogens (tertiary/aromatic N) is 2. The van der Waals surface area contributed by atoms with Gasteiger partial charge in [0.15, 0.2) is 0 Å². The quantitative estimate of drug-likeness (QED) is 0.413. The molecule has 4 nitrogen and oxygen atoms in total. The Hall–Kier alpha value is -0.890. The topological polar surface area (TPSA) is 35.6 Å². The van der Waals surface area contributed by atoms with Crippen molar-refractivity contribution in [2.75, 3.05) is 36.4 Å². The average Bonchev–Trinajstić information content (AvgIpc) is 2.72. The third-order valence-corrected chi connectivity index (χ3v) is 6.97. The maximum Gasteiger partial charge on any atom is 0.226 e. The molecule has 1 N–H and O–H groups in total. The average molecular weight is 588 g/mol. The second kappa shape index (κ2) is 10.9. The van der Waals surface area contributed by atoms with Crippen LogP contribution in [0, 0.1) is 0 Å². The lowest BCUT2D eigenvalue weighted by atomic mass is 10.0. The summed E-state index contributed by atoms with van der Waals surface area (Å²) < 4.78 is 3.11. The molecule has 1 saturated heterocycles. The molecule has 1 aliphatic rings. The SMILES string of the molecule is CCC(=O)N(c1ccccc1)C1CCN(CCNc2c(Br)cc(Br)cc2Br)CC1. The number of hydrogen-bond acceptors (Lipinski definition) is 3. The number of halogens is 3. The van der Waals surface area contributed by atoms with Crippen molar-refractivity contribution in [2.24, 2.45) is 0 Å². The fourth-order valence-corrected chi connectivity index (χ4v) is 6.31. The molecule has 156 valence electrons. The smallest absolute Gasteiger partial charge is 0.226 e. The molecule has 0 spiro atoms. The fourth-order valence-electron chi connectivity index (χ4n) is 3.77. The molecule has 0 aliphatic carbocycles. The first-order chi connectivity index (χ1) is 14.0. The largest absolute Gasteiger partial charge is 0.382 e. The van der Waals surface area contributed by atoms with Crippen molar-refractivity contribution in [2.45, 2.75) is 32.2 Å². The maximum absolute atomic E-state index is 12.6. The van der Waals surface area contributed by atoms with Gasteiger partial charge in [-0.05, 0) is 69.0 Å². The summed E-state index contributed by atoms with van der Waals surface area (Å²) in [7, 11) is 0.